The van der Waals surface area contributed by atoms with Crippen LogP contribution < -0.4 is 20.5 Å². The molecule has 3 aromatic rings. The van der Waals surface area contributed by atoms with Crippen LogP contribution in [-0.2, 0) is 0 Å². The second kappa shape index (κ2) is 10.1. The summed E-state index contributed by atoms with van der Waals surface area (Å²) in [7, 11) is 3.23. The van der Waals surface area contributed by atoms with Gasteiger partial charge in [0.15, 0.2) is 17.3 Å². The maximum absolute atomic E-state index is 6.17. The molecule has 0 fully saturated rings. The number of nitrogens with one attached hydrogen (secondary N) is 1. The molecule has 0 saturated heterocycles. The molecular weight excluding hydrogens is 388 g/mol. The number of nitrogens with two attached hydrogens (primary N) is 1. The average molecular weight is 413 g/mol. The molecule has 0 amide bonds. The van der Waals surface area contributed by atoms with Crippen LogP contribution in [0.25, 0.3) is 23.1 Å². The molecule has 152 valence electrons. The molecule has 0 unspecified atom stereocenters. The van der Waals surface area contributed by atoms with Crippen LogP contribution >= 0.6 is 11.6 Å². The third kappa shape index (κ3) is 5.37. The number of hydrogen-bond donors (Lipinski definition) is 2. The lowest BCUT2D eigenvalue weighted by Gasteiger charge is -2.10. The first-order chi connectivity index (χ1) is 14.1. The topological polar surface area (TPSA) is 82.3 Å². The SMILES string of the molecule is COc1ccc(/C=C/c2nc(NCCCCN)c3cc(Cl)ccc3n2)cc1OC. The zero-order valence-electron chi connectivity index (χ0n) is 16.6. The minimum atomic E-state index is 0.607. The minimum Gasteiger partial charge on any atom is -0.493 e. The second-order valence-electron chi connectivity index (χ2n) is 6.46. The van der Waals surface area contributed by atoms with E-state index in [0.717, 1.165) is 41.7 Å². The molecule has 6 nitrogen and oxygen atoms in total. The van der Waals surface area contributed by atoms with Crippen molar-refractivity contribution >= 4 is 40.5 Å². The number of nitrogens with zero attached hydrogens (tertiary/aromatic N) is 2. The summed E-state index contributed by atoms with van der Waals surface area (Å²) >= 11 is 6.17. The van der Waals surface area contributed by atoms with Gasteiger partial charge in [0.1, 0.15) is 5.82 Å². The number of fused-ring (bicyclic) bond motifs is 1. The Kier molecular flexibility index (Phi) is 7.27. The lowest BCUT2D eigenvalue weighted by Crippen LogP contribution is -2.08. The number of anilines is 1. The van der Waals surface area contributed by atoms with Crippen LogP contribution in [0.15, 0.2) is 36.4 Å². The van der Waals surface area contributed by atoms with Crippen LogP contribution in [0, 0.1) is 0 Å². The van der Waals surface area contributed by atoms with Crippen molar-refractivity contribution in [3.05, 3.63) is 52.8 Å². The van der Waals surface area contributed by atoms with E-state index in [-0.39, 0.29) is 0 Å². The summed E-state index contributed by atoms with van der Waals surface area (Å²) in [5.74, 6) is 2.73. The lowest BCUT2D eigenvalue weighted by molar-refractivity contribution is 0.355. The predicted octanol–water partition coefficient (Wildman–Crippen LogP) is 4.62. The number of halogens is 1. The van der Waals surface area contributed by atoms with Crippen molar-refractivity contribution in [2.24, 2.45) is 5.73 Å². The highest BCUT2D eigenvalue weighted by Gasteiger charge is 2.08. The van der Waals surface area contributed by atoms with E-state index >= 15 is 0 Å². The van der Waals surface area contributed by atoms with Gasteiger partial charge in [-0.2, -0.15) is 0 Å². The van der Waals surface area contributed by atoms with Crippen molar-refractivity contribution < 1.29 is 9.47 Å². The number of hydrogen-bond acceptors (Lipinski definition) is 6. The van der Waals surface area contributed by atoms with E-state index in [2.05, 4.69) is 15.3 Å². The van der Waals surface area contributed by atoms with Crippen molar-refractivity contribution in [3.63, 3.8) is 0 Å². The molecule has 0 saturated carbocycles. The summed E-state index contributed by atoms with van der Waals surface area (Å²) in [5, 5.41) is 4.94. The molecule has 1 aromatic heterocycles. The highest BCUT2D eigenvalue weighted by Crippen LogP contribution is 2.29. The maximum atomic E-state index is 6.17. The molecule has 29 heavy (non-hydrogen) atoms. The summed E-state index contributed by atoms with van der Waals surface area (Å²) in [6.45, 7) is 1.46. The van der Waals surface area contributed by atoms with Crippen LogP contribution in [0.4, 0.5) is 5.82 Å². The Labute approximate surface area is 175 Å². The third-order valence-corrected chi connectivity index (χ3v) is 4.67. The quantitative estimate of drug-likeness (QED) is 0.499. The summed E-state index contributed by atoms with van der Waals surface area (Å²) in [6, 6.07) is 11.3. The van der Waals surface area contributed by atoms with E-state index in [9.17, 15) is 0 Å². The van der Waals surface area contributed by atoms with E-state index < -0.39 is 0 Å². The maximum Gasteiger partial charge on any atom is 0.161 e. The fourth-order valence-corrected chi connectivity index (χ4v) is 3.10. The standard InChI is InChI=1S/C22H25ClN4O2/c1-28-19-9-5-15(13-20(19)29-2)6-10-21-26-18-8-7-16(23)14-17(18)22(27-21)25-12-4-3-11-24/h5-10,13-14H,3-4,11-12,24H2,1-2H3,(H,25,26,27)/b10-6+. The van der Waals surface area contributed by atoms with Crippen molar-refractivity contribution in [2.75, 3.05) is 32.6 Å². The van der Waals surface area contributed by atoms with Crippen molar-refractivity contribution in [1.29, 1.82) is 0 Å². The molecule has 1 heterocycles. The molecule has 0 aliphatic heterocycles. The Morgan fingerprint density at radius 1 is 1.00 bits per heavy atom. The van der Waals surface area contributed by atoms with Crippen molar-refractivity contribution in [2.45, 2.75) is 12.8 Å². The largest absolute Gasteiger partial charge is 0.493 e. The summed E-state index contributed by atoms with van der Waals surface area (Å²) in [4.78, 5) is 9.32. The smallest absolute Gasteiger partial charge is 0.161 e. The first kappa shape index (κ1) is 20.9. The molecule has 0 aliphatic rings. The van der Waals surface area contributed by atoms with Gasteiger partial charge in [0.2, 0.25) is 0 Å². The Bertz CT molecular complexity index is 1010. The molecule has 2 aromatic carbocycles. The Hall–Kier alpha value is -2.83. The monoisotopic (exact) mass is 412 g/mol. The number of aromatic nitrogens is 2. The third-order valence-electron chi connectivity index (χ3n) is 4.43. The average Bonchev–Trinajstić information content (AvgIpc) is 2.75. The van der Waals surface area contributed by atoms with E-state index in [0.29, 0.717) is 28.9 Å². The second-order valence-corrected chi connectivity index (χ2v) is 6.90. The zero-order valence-corrected chi connectivity index (χ0v) is 17.4. The van der Waals surface area contributed by atoms with Gasteiger partial charge in [0, 0.05) is 17.0 Å². The number of methoxy groups -OCH3 is 2. The Morgan fingerprint density at radius 3 is 2.59 bits per heavy atom. The highest BCUT2D eigenvalue weighted by atomic mass is 35.5. The first-order valence-corrected chi connectivity index (χ1v) is 9.83. The van der Waals surface area contributed by atoms with Crippen LogP contribution in [0.3, 0.4) is 0 Å². The van der Waals surface area contributed by atoms with Gasteiger partial charge < -0.3 is 20.5 Å². The van der Waals surface area contributed by atoms with Crippen molar-refractivity contribution in [1.82, 2.24) is 9.97 Å². The predicted molar refractivity (Wildman–Crippen MR) is 120 cm³/mol. The molecule has 7 heteroatoms. The van der Waals surface area contributed by atoms with E-state index in [1.807, 2.05) is 48.6 Å². The van der Waals surface area contributed by atoms with Gasteiger partial charge in [-0.15, -0.1) is 0 Å². The van der Waals surface area contributed by atoms with Gasteiger partial charge in [0.25, 0.3) is 0 Å². The van der Waals surface area contributed by atoms with E-state index in [1.54, 1.807) is 14.2 Å². The fraction of sp³-hybridized carbons (Fsp3) is 0.273. The van der Waals surface area contributed by atoms with Gasteiger partial charge in [-0.1, -0.05) is 23.7 Å². The number of unbranched alkanes of at least 4 members (excludes halogenated alkanes) is 1. The fourth-order valence-electron chi connectivity index (χ4n) is 2.93. The molecule has 0 aliphatic carbocycles. The molecule has 3 N–H and O–H groups in total. The van der Waals surface area contributed by atoms with E-state index in [4.69, 9.17) is 26.8 Å². The lowest BCUT2D eigenvalue weighted by atomic mass is 10.2. The molecule has 0 bridgehead atoms. The van der Waals surface area contributed by atoms with Crippen LogP contribution in [0.2, 0.25) is 5.02 Å². The zero-order chi connectivity index (χ0) is 20.6. The minimum absolute atomic E-state index is 0.607. The van der Waals surface area contributed by atoms with Crippen LogP contribution in [-0.4, -0.2) is 37.3 Å². The first-order valence-electron chi connectivity index (χ1n) is 9.46. The van der Waals surface area contributed by atoms with Gasteiger partial charge >= 0.3 is 0 Å². The van der Waals surface area contributed by atoms with Gasteiger partial charge in [-0.25, -0.2) is 9.97 Å². The Morgan fingerprint density at radius 2 is 1.83 bits per heavy atom. The van der Waals surface area contributed by atoms with Gasteiger partial charge in [-0.3, -0.25) is 0 Å². The highest BCUT2D eigenvalue weighted by molar-refractivity contribution is 6.31. The van der Waals surface area contributed by atoms with Gasteiger partial charge in [0.05, 0.1) is 19.7 Å². The number of ether oxygens (including phenoxy) is 2. The molecule has 0 atom stereocenters. The van der Waals surface area contributed by atoms with Crippen molar-refractivity contribution in [3.8, 4) is 11.5 Å². The summed E-state index contributed by atoms with van der Waals surface area (Å²) < 4.78 is 10.6. The molecule has 0 spiro atoms. The molecular formula is C22H25ClN4O2. The number of benzene rings is 2. The van der Waals surface area contributed by atoms with Gasteiger partial charge in [-0.05, 0) is 61.4 Å². The summed E-state index contributed by atoms with van der Waals surface area (Å²) in [6.07, 6.45) is 5.75. The molecule has 0 radical (unpaired) electrons. The van der Waals surface area contributed by atoms with E-state index in [1.165, 1.54) is 0 Å². The van der Waals surface area contributed by atoms with Crippen LogP contribution in [0.5, 0.6) is 11.5 Å². The normalized spacial score (nSPS) is 11.2. The molecule has 3 rings (SSSR count). The number of rotatable bonds is 9. The Balaban J connectivity index is 1.90. The summed E-state index contributed by atoms with van der Waals surface area (Å²) in [5.41, 5.74) is 7.37. The van der Waals surface area contributed by atoms with Crippen LogP contribution in [0.1, 0.15) is 24.2 Å².